The maximum atomic E-state index is 14.4. The second kappa shape index (κ2) is 5.94. The van der Waals surface area contributed by atoms with E-state index in [1.807, 2.05) is 11.4 Å². The summed E-state index contributed by atoms with van der Waals surface area (Å²) in [7, 11) is 0. The summed E-state index contributed by atoms with van der Waals surface area (Å²) < 4.78 is 19.7. The number of nitrogens with one attached hydrogen (secondary N) is 1. The van der Waals surface area contributed by atoms with Crippen LogP contribution in [0.3, 0.4) is 0 Å². The molecule has 0 amide bonds. The zero-order chi connectivity index (χ0) is 12.1. The van der Waals surface area contributed by atoms with Crippen molar-refractivity contribution in [1.82, 2.24) is 5.32 Å². The van der Waals surface area contributed by atoms with Crippen LogP contribution in [0.25, 0.3) is 0 Å². The van der Waals surface area contributed by atoms with E-state index in [4.69, 9.17) is 4.74 Å². The van der Waals surface area contributed by atoms with Gasteiger partial charge in [0.1, 0.15) is 5.67 Å². The highest BCUT2D eigenvalue weighted by molar-refractivity contribution is 7.09. The molecule has 17 heavy (non-hydrogen) atoms. The van der Waals surface area contributed by atoms with Crippen molar-refractivity contribution in [3.05, 3.63) is 22.4 Å². The lowest BCUT2D eigenvalue weighted by atomic mass is 9.93. The zero-order valence-corrected chi connectivity index (χ0v) is 11.1. The van der Waals surface area contributed by atoms with Gasteiger partial charge in [-0.25, -0.2) is 4.39 Å². The number of halogens is 1. The van der Waals surface area contributed by atoms with Gasteiger partial charge in [0.15, 0.2) is 0 Å². The highest BCUT2D eigenvalue weighted by atomic mass is 32.1. The van der Waals surface area contributed by atoms with Gasteiger partial charge in [0.05, 0.1) is 13.2 Å². The van der Waals surface area contributed by atoms with Crippen LogP contribution in [0.5, 0.6) is 0 Å². The molecule has 0 aliphatic carbocycles. The Morgan fingerprint density at radius 3 is 3.18 bits per heavy atom. The summed E-state index contributed by atoms with van der Waals surface area (Å²) in [5, 5.41) is 5.35. The molecule has 2 nitrogen and oxygen atoms in total. The fourth-order valence-electron chi connectivity index (χ4n) is 2.21. The fraction of sp³-hybridized carbons (Fsp3) is 0.692. The van der Waals surface area contributed by atoms with Crippen molar-refractivity contribution in [2.24, 2.45) is 0 Å². The Hall–Kier alpha value is -0.450. The smallest absolute Gasteiger partial charge is 0.110 e. The highest BCUT2D eigenvalue weighted by Crippen LogP contribution is 2.26. The third-order valence-corrected chi connectivity index (χ3v) is 4.08. The van der Waals surface area contributed by atoms with Crippen LogP contribution in [0.15, 0.2) is 17.5 Å². The molecule has 2 unspecified atom stereocenters. The molecule has 2 rings (SSSR count). The fourth-order valence-corrected chi connectivity index (χ4v) is 2.91. The number of rotatable bonds is 5. The van der Waals surface area contributed by atoms with Crippen molar-refractivity contribution in [3.63, 3.8) is 0 Å². The molecular weight excluding hydrogens is 237 g/mol. The van der Waals surface area contributed by atoms with Gasteiger partial charge in [-0.3, -0.25) is 0 Å². The summed E-state index contributed by atoms with van der Waals surface area (Å²) in [5.41, 5.74) is -1.11. The minimum absolute atomic E-state index is 0.169. The molecule has 0 aromatic carbocycles. The molecule has 0 saturated carbocycles. The normalized spacial score (nSPS) is 24.5. The summed E-state index contributed by atoms with van der Waals surface area (Å²) in [6.45, 7) is 3.93. The lowest BCUT2D eigenvalue weighted by molar-refractivity contribution is 0.0460. The van der Waals surface area contributed by atoms with Crippen molar-refractivity contribution >= 4 is 11.3 Å². The molecule has 1 aliphatic rings. The predicted octanol–water partition coefficient (Wildman–Crippen LogP) is 2.79. The lowest BCUT2D eigenvalue weighted by Crippen LogP contribution is -2.44. The Bertz CT molecular complexity index is 320. The van der Waals surface area contributed by atoms with E-state index < -0.39 is 5.67 Å². The van der Waals surface area contributed by atoms with Gasteiger partial charge in [-0.2, -0.15) is 0 Å². The van der Waals surface area contributed by atoms with E-state index in [1.54, 1.807) is 18.3 Å². The van der Waals surface area contributed by atoms with E-state index in [0.29, 0.717) is 19.4 Å². The molecule has 96 valence electrons. The average Bonchev–Trinajstić information content (AvgIpc) is 2.80. The molecule has 1 aromatic rings. The number of hydrogen-bond donors (Lipinski definition) is 1. The Kier molecular flexibility index (Phi) is 4.54. The van der Waals surface area contributed by atoms with Gasteiger partial charge in [-0.15, -0.1) is 11.3 Å². The summed E-state index contributed by atoms with van der Waals surface area (Å²) in [5.74, 6) is 0. The van der Waals surface area contributed by atoms with Gasteiger partial charge >= 0.3 is 0 Å². The summed E-state index contributed by atoms with van der Waals surface area (Å²) in [6, 6.07) is 4.26. The number of thiophene rings is 1. The van der Waals surface area contributed by atoms with E-state index in [9.17, 15) is 4.39 Å². The Morgan fingerprint density at radius 1 is 1.65 bits per heavy atom. The van der Waals surface area contributed by atoms with E-state index in [1.165, 1.54) is 4.88 Å². The van der Waals surface area contributed by atoms with Gasteiger partial charge in [0.2, 0.25) is 0 Å². The SMILES string of the molecule is CC(F)(CCc1cccs1)CC1COCCN1. The molecule has 1 N–H and O–H groups in total. The van der Waals surface area contributed by atoms with Gasteiger partial charge in [0, 0.05) is 17.5 Å². The number of aryl methyl sites for hydroxylation is 1. The van der Waals surface area contributed by atoms with Crippen LogP contribution in [0.2, 0.25) is 0 Å². The zero-order valence-electron chi connectivity index (χ0n) is 10.2. The molecule has 0 spiro atoms. The Balaban J connectivity index is 1.77. The molecule has 1 fully saturated rings. The maximum absolute atomic E-state index is 14.4. The second-order valence-corrected chi connectivity index (χ2v) is 5.96. The molecule has 2 heterocycles. The van der Waals surface area contributed by atoms with Gasteiger partial charge < -0.3 is 10.1 Å². The molecule has 1 aliphatic heterocycles. The molecule has 0 radical (unpaired) electrons. The first kappa shape index (κ1) is 13.0. The van der Waals surface area contributed by atoms with Crippen LogP contribution >= 0.6 is 11.3 Å². The average molecular weight is 257 g/mol. The number of hydrogen-bond acceptors (Lipinski definition) is 3. The lowest BCUT2D eigenvalue weighted by Gasteiger charge is -2.29. The van der Waals surface area contributed by atoms with Gasteiger partial charge in [-0.05, 0) is 37.6 Å². The molecular formula is C13H20FNOS. The Morgan fingerprint density at radius 2 is 2.53 bits per heavy atom. The predicted molar refractivity (Wildman–Crippen MR) is 69.4 cm³/mol. The molecule has 1 saturated heterocycles. The minimum atomic E-state index is -1.11. The Labute approximate surface area is 106 Å². The van der Waals surface area contributed by atoms with Crippen LogP contribution in [0.4, 0.5) is 4.39 Å². The number of alkyl halides is 1. The van der Waals surface area contributed by atoms with E-state index in [2.05, 4.69) is 11.4 Å². The van der Waals surface area contributed by atoms with Crippen LogP contribution in [0, 0.1) is 0 Å². The first-order valence-electron chi connectivity index (χ1n) is 6.18. The van der Waals surface area contributed by atoms with Crippen LogP contribution < -0.4 is 5.32 Å². The topological polar surface area (TPSA) is 21.3 Å². The van der Waals surface area contributed by atoms with Crippen molar-refractivity contribution in [3.8, 4) is 0 Å². The van der Waals surface area contributed by atoms with E-state index >= 15 is 0 Å². The third-order valence-electron chi connectivity index (χ3n) is 3.14. The second-order valence-electron chi connectivity index (χ2n) is 4.92. The monoisotopic (exact) mass is 257 g/mol. The minimum Gasteiger partial charge on any atom is -0.379 e. The van der Waals surface area contributed by atoms with Crippen LogP contribution in [-0.2, 0) is 11.2 Å². The summed E-state index contributed by atoms with van der Waals surface area (Å²) >= 11 is 1.70. The summed E-state index contributed by atoms with van der Waals surface area (Å²) in [6.07, 6.45) is 1.96. The van der Waals surface area contributed by atoms with E-state index in [0.717, 1.165) is 19.6 Å². The highest BCUT2D eigenvalue weighted by Gasteiger charge is 2.28. The van der Waals surface area contributed by atoms with Crippen LogP contribution in [-0.4, -0.2) is 31.5 Å². The standard InChI is InChI=1S/C13H20FNOS/c1-13(14,5-4-12-3-2-8-17-12)9-11-10-16-7-6-15-11/h2-3,8,11,15H,4-7,9-10H2,1H3. The molecule has 2 atom stereocenters. The molecule has 1 aromatic heterocycles. The number of morpholine rings is 1. The van der Waals surface area contributed by atoms with E-state index in [-0.39, 0.29) is 6.04 Å². The quantitative estimate of drug-likeness (QED) is 0.876. The maximum Gasteiger partial charge on any atom is 0.110 e. The third kappa shape index (κ3) is 4.37. The van der Waals surface area contributed by atoms with Crippen molar-refractivity contribution in [2.75, 3.05) is 19.8 Å². The molecule has 0 bridgehead atoms. The first-order chi connectivity index (χ1) is 8.16. The first-order valence-corrected chi connectivity index (χ1v) is 7.06. The number of ether oxygens (including phenoxy) is 1. The molecule has 4 heteroatoms. The van der Waals surface area contributed by atoms with Crippen molar-refractivity contribution in [1.29, 1.82) is 0 Å². The van der Waals surface area contributed by atoms with Crippen molar-refractivity contribution < 1.29 is 9.13 Å². The van der Waals surface area contributed by atoms with Gasteiger partial charge in [-0.1, -0.05) is 6.07 Å². The van der Waals surface area contributed by atoms with Crippen LogP contribution in [0.1, 0.15) is 24.6 Å². The van der Waals surface area contributed by atoms with Gasteiger partial charge in [0.25, 0.3) is 0 Å². The van der Waals surface area contributed by atoms with Crippen molar-refractivity contribution in [2.45, 2.75) is 37.9 Å². The largest absolute Gasteiger partial charge is 0.379 e. The summed E-state index contributed by atoms with van der Waals surface area (Å²) in [4.78, 5) is 1.27.